The van der Waals surface area contributed by atoms with Crippen LogP contribution < -0.4 is 5.32 Å². The molecule has 0 rings (SSSR count). The molecule has 0 unspecified atom stereocenters. The molecule has 19 heavy (non-hydrogen) atoms. The third-order valence-electron chi connectivity index (χ3n) is 2.63. The summed E-state index contributed by atoms with van der Waals surface area (Å²) in [5, 5.41) is 6.43. The minimum absolute atomic E-state index is 0.167. The summed E-state index contributed by atoms with van der Waals surface area (Å²) in [5.74, 6) is 0.348. The number of alkyl halides is 1. The maximum atomic E-state index is 11.9. The second kappa shape index (κ2) is 8.25. The number of halogens is 1. The molecule has 1 amide bonds. The van der Waals surface area contributed by atoms with E-state index in [0.717, 1.165) is 6.42 Å². The van der Waals surface area contributed by atoms with Crippen molar-refractivity contribution in [1.82, 2.24) is 5.32 Å². The molecular formula is C12H23ClN4O2. The fraction of sp³-hybridized carbons (Fsp3) is 0.917. The average Bonchev–Trinajstić information content (AvgIpc) is 2.28. The lowest BCUT2D eigenvalue weighted by Gasteiger charge is -2.26. The summed E-state index contributed by atoms with van der Waals surface area (Å²) in [6.07, 6.45) is 1.28. The highest BCUT2D eigenvalue weighted by Crippen LogP contribution is 2.17. The van der Waals surface area contributed by atoms with Crippen LogP contribution in [0.1, 0.15) is 40.5 Å². The number of nitrogens with one attached hydrogen (secondary N) is 1. The van der Waals surface area contributed by atoms with E-state index >= 15 is 0 Å². The SMILES string of the molecule is CC(C)(CCOC(C)(C)C(=O)NCCCCl)N=[N+]=[N-]. The zero-order valence-electron chi connectivity index (χ0n) is 12.1. The highest BCUT2D eigenvalue weighted by molar-refractivity contribution is 6.17. The van der Waals surface area contributed by atoms with E-state index in [4.69, 9.17) is 21.9 Å². The van der Waals surface area contributed by atoms with Crippen molar-refractivity contribution in [2.24, 2.45) is 5.11 Å². The van der Waals surface area contributed by atoms with Crippen molar-refractivity contribution < 1.29 is 9.53 Å². The summed E-state index contributed by atoms with van der Waals surface area (Å²) in [6.45, 7) is 7.96. The van der Waals surface area contributed by atoms with Crippen molar-refractivity contribution in [3.8, 4) is 0 Å². The second-order valence-corrected chi connectivity index (χ2v) is 5.79. The number of hydrogen-bond donors (Lipinski definition) is 1. The molecule has 0 atom stereocenters. The summed E-state index contributed by atoms with van der Waals surface area (Å²) >= 11 is 5.54. The van der Waals surface area contributed by atoms with E-state index in [0.29, 0.717) is 25.5 Å². The number of azide groups is 1. The second-order valence-electron chi connectivity index (χ2n) is 5.41. The van der Waals surface area contributed by atoms with E-state index in [2.05, 4.69) is 15.3 Å². The number of ether oxygens (including phenoxy) is 1. The van der Waals surface area contributed by atoms with Crippen molar-refractivity contribution in [2.45, 2.75) is 51.7 Å². The molecule has 1 N–H and O–H groups in total. The molecule has 7 heteroatoms. The first-order valence-electron chi connectivity index (χ1n) is 6.29. The molecular weight excluding hydrogens is 268 g/mol. The molecule has 0 saturated heterocycles. The van der Waals surface area contributed by atoms with E-state index in [1.807, 2.05) is 13.8 Å². The first-order valence-corrected chi connectivity index (χ1v) is 6.83. The molecule has 0 aromatic heterocycles. The van der Waals surface area contributed by atoms with Crippen LogP contribution in [-0.4, -0.2) is 36.1 Å². The largest absolute Gasteiger partial charge is 0.366 e. The molecule has 0 saturated carbocycles. The summed E-state index contributed by atoms with van der Waals surface area (Å²) in [6, 6.07) is 0. The Morgan fingerprint density at radius 3 is 2.58 bits per heavy atom. The molecule has 0 fully saturated rings. The molecule has 0 aromatic rings. The number of rotatable bonds is 9. The normalized spacial score (nSPS) is 11.8. The van der Waals surface area contributed by atoms with Crippen LogP contribution >= 0.6 is 11.6 Å². The average molecular weight is 291 g/mol. The molecule has 110 valence electrons. The van der Waals surface area contributed by atoms with Crippen molar-refractivity contribution in [3.63, 3.8) is 0 Å². The molecule has 0 radical (unpaired) electrons. The van der Waals surface area contributed by atoms with Crippen LogP contribution in [0.4, 0.5) is 0 Å². The van der Waals surface area contributed by atoms with Gasteiger partial charge in [-0.05, 0) is 32.2 Å². The molecule has 6 nitrogen and oxygen atoms in total. The maximum absolute atomic E-state index is 11.9. The van der Waals surface area contributed by atoms with Gasteiger partial charge in [0, 0.05) is 29.5 Å². The fourth-order valence-corrected chi connectivity index (χ4v) is 1.41. The quantitative estimate of drug-likeness (QED) is 0.233. The predicted molar refractivity (Wildman–Crippen MR) is 76.2 cm³/mol. The summed E-state index contributed by atoms with van der Waals surface area (Å²) in [4.78, 5) is 14.6. The monoisotopic (exact) mass is 290 g/mol. The zero-order chi connectivity index (χ0) is 14.9. The van der Waals surface area contributed by atoms with Gasteiger partial charge < -0.3 is 10.1 Å². The molecule has 0 aliphatic carbocycles. The minimum atomic E-state index is -0.904. The Morgan fingerprint density at radius 2 is 2.05 bits per heavy atom. The van der Waals surface area contributed by atoms with Gasteiger partial charge in [-0.3, -0.25) is 4.79 Å². The van der Waals surface area contributed by atoms with Gasteiger partial charge in [0.1, 0.15) is 5.60 Å². The van der Waals surface area contributed by atoms with Gasteiger partial charge in [0.15, 0.2) is 0 Å². The summed E-state index contributed by atoms with van der Waals surface area (Å²) in [5.41, 5.74) is 6.99. The third-order valence-corrected chi connectivity index (χ3v) is 2.90. The van der Waals surface area contributed by atoms with E-state index in [9.17, 15) is 4.79 Å². The van der Waals surface area contributed by atoms with Crippen LogP contribution in [0.2, 0.25) is 0 Å². The van der Waals surface area contributed by atoms with E-state index < -0.39 is 11.1 Å². The van der Waals surface area contributed by atoms with Crippen LogP contribution in [-0.2, 0) is 9.53 Å². The van der Waals surface area contributed by atoms with E-state index in [1.54, 1.807) is 13.8 Å². The van der Waals surface area contributed by atoms with Gasteiger partial charge in [0.2, 0.25) is 0 Å². The highest BCUT2D eigenvalue weighted by atomic mass is 35.5. The van der Waals surface area contributed by atoms with Gasteiger partial charge in [0.25, 0.3) is 5.91 Å². The molecule has 0 heterocycles. The first kappa shape index (κ1) is 18.0. The Bertz CT molecular complexity index is 339. The van der Waals surface area contributed by atoms with Gasteiger partial charge in [-0.25, -0.2) is 0 Å². The number of carbonyl (C=O) groups excluding carboxylic acids is 1. The van der Waals surface area contributed by atoms with Crippen molar-refractivity contribution in [3.05, 3.63) is 10.4 Å². The number of amides is 1. The zero-order valence-corrected chi connectivity index (χ0v) is 12.8. The maximum Gasteiger partial charge on any atom is 0.251 e. The highest BCUT2D eigenvalue weighted by Gasteiger charge is 2.28. The van der Waals surface area contributed by atoms with Gasteiger partial charge in [-0.1, -0.05) is 19.0 Å². The van der Waals surface area contributed by atoms with Crippen molar-refractivity contribution >= 4 is 17.5 Å². The number of carbonyl (C=O) groups is 1. The molecule has 0 spiro atoms. The lowest BCUT2D eigenvalue weighted by atomic mass is 10.0. The smallest absolute Gasteiger partial charge is 0.251 e. The van der Waals surface area contributed by atoms with Crippen LogP contribution in [0.5, 0.6) is 0 Å². The van der Waals surface area contributed by atoms with Crippen LogP contribution in [0.3, 0.4) is 0 Å². The van der Waals surface area contributed by atoms with Gasteiger partial charge >= 0.3 is 0 Å². The van der Waals surface area contributed by atoms with Crippen LogP contribution in [0.25, 0.3) is 10.4 Å². The Morgan fingerprint density at radius 1 is 1.42 bits per heavy atom. The van der Waals surface area contributed by atoms with Gasteiger partial charge in [-0.15, -0.1) is 11.6 Å². The predicted octanol–water partition coefficient (Wildman–Crippen LogP) is 3.01. The molecule has 0 bridgehead atoms. The number of hydrogen-bond acceptors (Lipinski definition) is 3. The molecule has 0 aliphatic rings. The summed E-state index contributed by atoms with van der Waals surface area (Å²) in [7, 11) is 0. The first-order chi connectivity index (χ1) is 8.75. The lowest BCUT2D eigenvalue weighted by molar-refractivity contribution is -0.143. The van der Waals surface area contributed by atoms with Crippen molar-refractivity contribution in [1.29, 1.82) is 0 Å². The molecule has 0 aromatic carbocycles. The Labute approximate surface area is 119 Å². The molecule has 0 aliphatic heterocycles. The Balaban J connectivity index is 4.15. The van der Waals surface area contributed by atoms with Crippen molar-refractivity contribution in [2.75, 3.05) is 19.0 Å². The lowest BCUT2D eigenvalue weighted by Crippen LogP contribution is -2.45. The minimum Gasteiger partial charge on any atom is -0.366 e. The summed E-state index contributed by atoms with van der Waals surface area (Å²) < 4.78 is 5.58. The Hall–Kier alpha value is -0.970. The van der Waals surface area contributed by atoms with Gasteiger partial charge in [-0.2, -0.15) is 0 Å². The number of nitrogens with zero attached hydrogens (tertiary/aromatic N) is 3. The Kier molecular flexibility index (Phi) is 7.83. The van der Waals surface area contributed by atoms with E-state index in [-0.39, 0.29) is 5.91 Å². The topological polar surface area (TPSA) is 87.1 Å². The standard InChI is InChI=1S/C12H23ClN4O2/c1-11(2,16-17-14)6-9-19-12(3,4)10(18)15-8-5-7-13/h5-9H2,1-4H3,(H,15,18). The fourth-order valence-electron chi connectivity index (χ4n) is 1.27. The third kappa shape index (κ3) is 7.93. The van der Waals surface area contributed by atoms with E-state index in [1.165, 1.54) is 0 Å². The van der Waals surface area contributed by atoms with Gasteiger partial charge in [0.05, 0.1) is 0 Å². The van der Waals surface area contributed by atoms with Crippen LogP contribution in [0.15, 0.2) is 5.11 Å². The van der Waals surface area contributed by atoms with Crippen LogP contribution in [0, 0.1) is 0 Å².